The Morgan fingerprint density at radius 3 is 2.65 bits per heavy atom. The van der Waals surface area contributed by atoms with E-state index >= 15 is 0 Å². The lowest BCUT2D eigenvalue weighted by molar-refractivity contribution is -0.138. The number of pyridine rings is 1. The molecule has 2 aromatic rings. The minimum absolute atomic E-state index is 0.245. The Morgan fingerprint density at radius 2 is 1.96 bits per heavy atom. The van der Waals surface area contributed by atoms with E-state index in [0.29, 0.717) is 19.4 Å². The van der Waals surface area contributed by atoms with E-state index < -0.39 is 5.91 Å². The van der Waals surface area contributed by atoms with Crippen molar-refractivity contribution in [1.29, 1.82) is 0 Å². The van der Waals surface area contributed by atoms with Crippen LogP contribution in [0.4, 0.5) is 0 Å². The van der Waals surface area contributed by atoms with Crippen molar-refractivity contribution in [1.82, 2.24) is 10.3 Å². The quantitative estimate of drug-likeness (QED) is 0.800. The number of benzene rings is 1. The molecule has 120 valence electrons. The molecule has 0 fully saturated rings. The third-order valence-corrected chi connectivity index (χ3v) is 3.75. The van der Waals surface area contributed by atoms with Crippen molar-refractivity contribution in [2.45, 2.75) is 39.7 Å². The summed E-state index contributed by atoms with van der Waals surface area (Å²) in [5, 5.41) is 2.70. The van der Waals surface area contributed by atoms with Gasteiger partial charge in [-0.15, -0.1) is 0 Å². The number of ketones is 1. The summed E-state index contributed by atoms with van der Waals surface area (Å²) in [7, 11) is 0. The Balaban J connectivity index is 1.75. The average molecular weight is 310 g/mol. The van der Waals surface area contributed by atoms with Crippen LogP contribution < -0.4 is 5.32 Å². The van der Waals surface area contributed by atoms with Gasteiger partial charge in [0.05, 0.1) is 0 Å². The lowest BCUT2D eigenvalue weighted by Gasteiger charge is -2.08. The van der Waals surface area contributed by atoms with Crippen molar-refractivity contribution >= 4 is 11.7 Å². The molecule has 0 aliphatic heterocycles. The van der Waals surface area contributed by atoms with Crippen molar-refractivity contribution < 1.29 is 9.59 Å². The summed E-state index contributed by atoms with van der Waals surface area (Å²) in [6.45, 7) is 4.42. The molecule has 0 unspecified atom stereocenters. The molecule has 1 aromatic carbocycles. The van der Waals surface area contributed by atoms with Crippen LogP contribution >= 0.6 is 0 Å². The lowest BCUT2D eigenvalue weighted by Crippen LogP contribution is -2.30. The third-order valence-electron chi connectivity index (χ3n) is 3.75. The molecule has 0 aliphatic carbocycles. The second kappa shape index (κ2) is 8.22. The van der Waals surface area contributed by atoms with Gasteiger partial charge in [-0.25, -0.2) is 0 Å². The van der Waals surface area contributed by atoms with Crippen LogP contribution in [0, 0.1) is 13.8 Å². The number of rotatable bonds is 7. The normalized spacial score (nSPS) is 10.3. The molecule has 1 N–H and O–H groups in total. The Bertz CT molecular complexity index is 681. The second-order valence-electron chi connectivity index (χ2n) is 5.71. The first-order valence-electron chi connectivity index (χ1n) is 7.83. The van der Waals surface area contributed by atoms with Crippen LogP contribution in [0.5, 0.6) is 0 Å². The van der Waals surface area contributed by atoms with E-state index in [-0.39, 0.29) is 12.2 Å². The summed E-state index contributed by atoms with van der Waals surface area (Å²) in [5.74, 6) is -0.878. The topological polar surface area (TPSA) is 59.1 Å². The van der Waals surface area contributed by atoms with E-state index in [4.69, 9.17) is 0 Å². The Labute approximate surface area is 137 Å². The maximum absolute atomic E-state index is 11.9. The van der Waals surface area contributed by atoms with Crippen LogP contribution in [0.2, 0.25) is 0 Å². The molecule has 0 aliphatic rings. The van der Waals surface area contributed by atoms with E-state index in [1.807, 2.05) is 44.2 Å². The van der Waals surface area contributed by atoms with Gasteiger partial charge in [0.15, 0.2) is 0 Å². The molecule has 1 heterocycles. The fourth-order valence-corrected chi connectivity index (χ4v) is 2.41. The molecule has 0 spiro atoms. The largest absolute Gasteiger partial charge is 0.345 e. The van der Waals surface area contributed by atoms with E-state index in [2.05, 4.69) is 16.4 Å². The second-order valence-corrected chi connectivity index (χ2v) is 5.71. The Kier molecular flexibility index (Phi) is 6.03. The SMILES string of the molecule is Cc1ccc(CNC(=O)C(=O)CCCc2ccccn2)c(C)c1. The number of hydrogen-bond acceptors (Lipinski definition) is 3. The number of carbonyl (C=O) groups is 2. The highest BCUT2D eigenvalue weighted by Gasteiger charge is 2.13. The highest BCUT2D eigenvalue weighted by molar-refractivity contribution is 6.36. The van der Waals surface area contributed by atoms with Crippen molar-refractivity contribution in [3.05, 3.63) is 65.0 Å². The smallest absolute Gasteiger partial charge is 0.287 e. The first-order chi connectivity index (χ1) is 11.1. The van der Waals surface area contributed by atoms with Gasteiger partial charge in [-0.2, -0.15) is 0 Å². The molecule has 0 atom stereocenters. The maximum atomic E-state index is 11.9. The molecule has 1 amide bonds. The zero-order chi connectivity index (χ0) is 16.7. The lowest BCUT2D eigenvalue weighted by atomic mass is 10.1. The maximum Gasteiger partial charge on any atom is 0.287 e. The van der Waals surface area contributed by atoms with Gasteiger partial charge in [0.1, 0.15) is 0 Å². The van der Waals surface area contributed by atoms with Crippen LogP contribution in [0.1, 0.15) is 35.2 Å². The van der Waals surface area contributed by atoms with Crippen molar-refractivity contribution in [2.24, 2.45) is 0 Å². The first-order valence-corrected chi connectivity index (χ1v) is 7.83. The predicted molar refractivity (Wildman–Crippen MR) is 89.9 cm³/mol. The van der Waals surface area contributed by atoms with Gasteiger partial charge in [0, 0.05) is 24.9 Å². The number of amides is 1. The van der Waals surface area contributed by atoms with E-state index in [0.717, 1.165) is 16.8 Å². The highest BCUT2D eigenvalue weighted by Crippen LogP contribution is 2.10. The minimum atomic E-state index is -0.508. The van der Waals surface area contributed by atoms with Gasteiger partial charge in [0.25, 0.3) is 5.91 Å². The number of aryl methyl sites for hydroxylation is 3. The molecule has 0 saturated carbocycles. The molecular weight excluding hydrogens is 288 g/mol. The molecule has 0 saturated heterocycles. The van der Waals surface area contributed by atoms with Crippen molar-refractivity contribution in [2.75, 3.05) is 0 Å². The molecule has 23 heavy (non-hydrogen) atoms. The van der Waals surface area contributed by atoms with E-state index in [9.17, 15) is 9.59 Å². The summed E-state index contributed by atoms with van der Waals surface area (Å²) in [5.41, 5.74) is 4.28. The Morgan fingerprint density at radius 1 is 1.13 bits per heavy atom. The van der Waals surface area contributed by atoms with Gasteiger partial charge in [-0.05, 0) is 49.9 Å². The molecule has 4 nitrogen and oxygen atoms in total. The van der Waals surface area contributed by atoms with Gasteiger partial charge in [-0.1, -0.05) is 29.8 Å². The average Bonchev–Trinajstić information content (AvgIpc) is 2.54. The van der Waals surface area contributed by atoms with Crippen LogP contribution in [0.3, 0.4) is 0 Å². The molecule has 0 radical (unpaired) electrons. The summed E-state index contributed by atoms with van der Waals surface area (Å²) < 4.78 is 0. The van der Waals surface area contributed by atoms with Crippen molar-refractivity contribution in [3.8, 4) is 0 Å². The number of nitrogens with one attached hydrogen (secondary N) is 1. The van der Waals surface area contributed by atoms with E-state index in [1.165, 1.54) is 5.56 Å². The van der Waals surface area contributed by atoms with Gasteiger partial charge in [-0.3, -0.25) is 14.6 Å². The fourth-order valence-electron chi connectivity index (χ4n) is 2.41. The molecular formula is C19H22N2O2. The standard InChI is InChI=1S/C19H22N2O2/c1-14-9-10-16(15(2)12-14)13-21-19(23)18(22)8-5-7-17-6-3-4-11-20-17/h3-4,6,9-12H,5,7-8,13H2,1-2H3,(H,21,23). The van der Waals surface area contributed by atoms with E-state index in [1.54, 1.807) is 6.20 Å². The Hall–Kier alpha value is -2.49. The highest BCUT2D eigenvalue weighted by atomic mass is 16.2. The van der Waals surface area contributed by atoms with Gasteiger partial charge in [0.2, 0.25) is 5.78 Å². The fraction of sp³-hybridized carbons (Fsp3) is 0.316. The molecule has 1 aromatic heterocycles. The van der Waals surface area contributed by atoms with Crippen LogP contribution in [-0.2, 0) is 22.6 Å². The molecule has 4 heteroatoms. The van der Waals surface area contributed by atoms with Crippen molar-refractivity contribution in [3.63, 3.8) is 0 Å². The zero-order valence-electron chi connectivity index (χ0n) is 13.6. The summed E-state index contributed by atoms with van der Waals surface area (Å²) in [4.78, 5) is 27.9. The molecule has 0 bridgehead atoms. The molecule has 2 rings (SSSR count). The minimum Gasteiger partial charge on any atom is -0.345 e. The van der Waals surface area contributed by atoms with Crippen LogP contribution in [-0.4, -0.2) is 16.7 Å². The van der Waals surface area contributed by atoms with Crippen LogP contribution in [0.15, 0.2) is 42.6 Å². The number of aromatic nitrogens is 1. The number of Topliss-reactive ketones (excluding diaryl/α,β-unsaturated/α-hetero) is 1. The number of carbonyl (C=O) groups excluding carboxylic acids is 2. The van der Waals surface area contributed by atoms with Crippen LogP contribution in [0.25, 0.3) is 0 Å². The summed E-state index contributed by atoms with van der Waals surface area (Å²) in [6, 6.07) is 11.7. The monoisotopic (exact) mass is 310 g/mol. The zero-order valence-corrected chi connectivity index (χ0v) is 13.6. The summed E-state index contributed by atoms with van der Waals surface area (Å²) in [6.07, 6.45) is 3.31. The third kappa shape index (κ3) is 5.33. The summed E-state index contributed by atoms with van der Waals surface area (Å²) >= 11 is 0. The van der Waals surface area contributed by atoms with Gasteiger partial charge >= 0.3 is 0 Å². The predicted octanol–water partition coefficient (Wildman–Crippen LogP) is 2.91. The first kappa shape index (κ1) is 16.9. The van der Waals surface area contributed by atoms with Gasteiger partial charge < -0.3 is 5.32 Å². The number of nitrogens with zero attached hydrogens (tertiary/aromatic N) is 1. The number of hydrogen-bond donors (Lipinski definition) is 1.